The first kappa shape index (κ1) is 28.0. The third-order valence-corrected chi connectivity index (χ3v) is 8.86. The van der Waals surface area contributed by atoms with Gasteiger partial charge in [0.15, 0.2) is 0 Å². The summed E-state index contributed by atoms with van der Waals surface area (Å²) in [6, 6.07) is -0.269. The lowest BCUT2D eigenvalue weighted by atomic mass is 9.72. The van der Waals surface area contributed by atoms with E-state index in [9.17, 15) is 19.8 Å². The number of epoxide rings is 1. The maximum atomic E-state index is 13.2. The summed E-state index contributed by atoms with van der Waals surface area (Å²) in [6.07, 6.45) is 2.99. The van der Waals surface area contributed by atoms with Gasteiger partial charge in [-0.2, -0.15) is 0 Å². The van der Waals surface area contributed by atoms with E-state index in [1.165, 1.54) is 0 Å². The van der Waals surface area contributed by atoms with Gasteiger partial charge in [-0.15, -0.1) is 11.3 Å². The molecule has 1 unspecified atom stereocenters. The van der Waals surface area contributed by atoms with Crippen LogP contribution in [-0.4, -0.2) is 56.8 Å². The number of ether oxygens (including phenoxy) is 1. The topological polar surface area (TPSA) is 112 Å². The molecule has 2 saturated heterocycles. The van der Waals surface area contributed by atoms with E-state index >= 15 is 0 Å². The summed E-state index contributed by atoms with van der Waals surface area (Å²) in [4.78, 5) is 30.8. The Morgan fingerprint density at radius 1 is 1.26 bits per heavy atom. The van der Waals surface area contributed by atoms with E-state index in [-0.39, 0.29) is 41.8 Å². The Hall–Kier alpha value is -1.61. The number of rotatable bonds is 2. The third-order valence-electron chi connectivity index (χ3n) is 8.07. The number of ketones is 1. The third kappa shape index (κ3) is 6.59. The fourth-order valence-electron chi connectivity index (χ4n) is 5.19. The van der Waals surface area contributed by atoms with Crippen LogP contribution in [0.25, 0.3) is 6.08 Å². The second kappa shape index (κ2) is 10.8. The standard InChI is InChI=1S/C27H42N2O5S/c1-15-9-8-10-27(7)22(34-27)12-20(16(2)11-19-14-35-18(4)28-19)29-23(31)13-21(30)26(5,6)25(33)17(3)24(15)32/h11,14-15,17,20-22,24,30,32H,8-10,12-13H2,1-7H3,(H,29,31)/b16-11+/t15-,17+,20-,21?,22-,24-,27+/m0/s1. The minimum absolute atomic E-state index is 0.0170. The first-order valence-electron chi connectivity index (χ1n) is 12.7. The van der Waals surface area contributed by atoms with E-state index in [1.807, 2.05) is 32.2 Å². The molecule has 1 amide bonds. The number of nitrogens with one attached hydrogen (secondary N) is 1. The van der Waals surface area contributed by atoms with E-state index in [0.29, 0.717) is 6.42 Å². The van der Waals surface area contributed by atoms with Gasteiger partial charge < -0.3 is 20.3 Å². The van der Waals surface area contributed by atoms with Crippen LogP contribution in [0.15, 0.2) is 11.0 Å². The monoisotopic (exact) mass is 506 g/mol. The molecule has 0 saturated carbocycles. The van der Waals surface area contributed by atoms with Crippen LogP contribution in [0.5, 0.6) is 0 Å². The molecule has 0 aromatic carbocycles. The molecule has 3 N–H and O–H groups in total. The normalized spacial score (nSPS) is 37.5. The molecule has 7 nitrogen and oxygen atoms in total. The van der Waals surface area contributed by atoms with Gasteiger partial charge in [0.05, 0.1) is 52.5 Å². The summed E-state index contributed by atoms with van der Waals surface area (Å²) in [5, 5.41) is 27.8. The van der Waals surface area contributed by atoms with E-state index in [2.05, 4.69) is 17.2 Å². The highest BCUT2D eigenvalue weighted by Gasteiger charge is 2.52. The van der Waals surface area contributed by atoms with E-state index < -0.39 is 23.5 Å². The van der Waals surface area contributed by atoms with Crippen molar-refractivity contribution in [2.75, 3.05) is 0 Å². The van der Waals surface area contributed by atoms with E-state index in [1.54, 1.807) is 32.1 Å². The quantitative estimate of drug-likeness (QED) is 0.522. The maximum Gasteiger partial charge on any atom is 0.223 e. The Bertz CT molecular complexity index is 957. The fraction of sp³-hybridized carbons (Fsp3) is 0.741. The molecule has 2 aliphatic rings. The summed E-state index contributed by atoms with van der Waals surface area (Å²) < 4.78 is 6.10. The molecule has 3 rings (SSSR count). The zero-order valence-corrected chi connectivity index (χ0v) is 22.9. The number of aryl methyl sites for hydroxylation is 1. The van der Waals surface area contributed by atoms with Crippen LogP contribution in [0.3, 0.4) is 0 Å². The smallest absolute Gasteiger partial charge is 0.223 e. The van der Waals surface area contributed by atoms with Gasteiger partial charge in [0.1, 0.15) is 5.78 Å². The van der Waals surface area contributed by atoms with Crippen molar-refractivity contribution >= 4 is 29.1 Å². The first-order valence-corrected chi connectivity index (χ1v) is 13.6. The van der Waals surface area contributed by atoms with Gasteiger partial charge in [-0.1, -0.05) is 34.1 Å². The molecule has 35 heavy (non-hydrogen) atoms. The summed E-state index contributed by atoms with van der Waals surface area (Å²) in [6.45, 7) is 13.0. The lowest BCUT2D eigenvalue weighted by Crippen LogP contribution is -2.47. The molecule has 0 bridgehead atoms. The molecule has 1 aromatic heterocycles. The Morgan fingerprint density at radius 2 is 1.94 bits per heavy atom. The van der Waals surface area contributed by atoms with E-state index in [4.69, 9.17) is 4.74 Å². The van der Waals surface area contributed by atoms with Gasteiger partial charge >= 0.3 is 0 Å². The molecule has 0 aliphatic carbocycles. The van der Waals surface area contributed by atoms with Gasteiger partial charge in [-0.05, 0) is 51.2 Å². The number of aliphatic hydroxyl groups is 2. The van der Waals surface area contributed by atoms with Crippen molar-refractivity contribution in [3.8, 4) is 0 Å². The Labute approximate surface area is 213 Å². The SMILES string of the molecule is C/C(=C\c1csc(C)n1)[C@@H]1C[C@@H]2O[C@]2(C)CCC[C@H](C)[C@H](O)[C@@H](C)C(=O)C(C)(C)C(O)CC(=O)N1. The molecule has 2 aliphatic heterocycles. The second-order valence-corrected chi connectivity index (χ2v) is 12.5. The van der Waals surface area contributed by atoms with Crippen LogP contribution in [0.4, 0.5) is 0 Å². The number of aliphatic hydroxyl groups excluding tert-OH is 2. The minimum atomic E-state index is -1.17. The van der Waals surface area contributed by atoms with Gasteiger partial charge in [0.2, 0.25) is 5.91 Å². The zero-order chi connectivity index (χ0) is 26.1. The first-order chi connectivity index (χ1) is 16.2. The van der Waals surface area contributed by atoms with Crippen molar-refractivity contribution in [3.05, 3.63) is 21.7 Å². The zero-order valence-electron chi connectivity index (χ0n) is 22.1. The molecule has 196 valence electrons. The molecule has 7 atom stereocenters. The maximum absolute atomic E-state index is 13.2. The molecular weight excluding hydrogens is 464 g/mol. The van der Waals surface area contributed by atoms with Crippen LogP contribution in [-0.2, 0) is 14.3 Å². The number of aromatic nitrogens is 1. The lowest BCUT2D eigenvalue weighted by molar-refractivity contribution is -0.143. The van der Waals surface area contributed by atoms with Crippen molar-refractivity contribution < 1.29 is 24.5 Å². The number of carbonyl (C=O) groups excluding carboxylic acids is 2. The number of hydrogen-bond donors (Lipinski definition) is 3. The molecule has 0 radical (unpaired) electrons. The largest absolute Gasteiger partial charge is 0.392 e. The van der Waals surface area contributed by atoms with Gasteiger partial charge in [0.25, 0.3) is 0 Å². The molecule has 8 heteroatoms. The van der Waals surface area contributed by atoms with Crippen molar-refractivity contribution in [1.82, 2.24) is 10.3 Å². The summed E-state index contributed by atoms with van der Waals surface area (Å²) in [5.74, 6) is -1.24. The number of fused-ring (bicyclic) bond motifs is 1. The van der Waals surface area contributed by atoms with Gasteiger partial charge in [0, 0.05) is 17.7 Å². The van der Waals surface area contributed by atoms with Crippen molar-refractivity contribution in [2.45, 2.75) is 111 Å². The van der Waals surface area contributed by atoms with Gasteiger partial charge in [-0.3, -0.25) is 9.59 Å². The summed E-state index contributed by atoms with van der Waals surface area (Å²) in [7, 11) is 0. The van der Waals surface area contributed by atoms with Crippen LogP contribution < -0.4 is 5.32 Å². The minimum Gasteiger partial charge on any atom is -0.392 e. The average Bonchev–Trinajstić information content (AvgIpc) is 3.22. The number of carbonyl (C=O) groups is 2. The number of nitrogens with zero attached hydrogens (tertiary/aromatic N) is 1. The lowest BCUT2D eigenvalue weighted by Gasteiger charge is -2.34. The van der Waals surface area contributed by atoms with Gasteiger partial charge in [-0.25, -0.2) is 4.98 Å². The fourth-order valence-corrected chi connectivity index (χ4v) is 5.76. The molecule has 0 spiro atoms. The predicted octanol–water partition coefficient (Wildman–Crippen LogP) is 4.05. The summed E-state index contributed by atoms with van der Waals surface area (Å²) >= 11 is 1.58. The van der Waals surface area contributed by atoms with Crippen molar-refractivity contribution in [1.29, 1.82) is 0 Å². The van der Waals surface area contributed by atoms with Crippen LogP contribution in [0.2, 0.25) is 0 Å². The second-order valence-electron chi connectivity index (χ2n) is 11.4. The Morgan fingerprint density at radius 3 is 2.57 bits per heavy atom. The number of Topliss-reactive ketones (excluding diaryl/α,β-unsaturated/α-hetero) is 1. The molecule has 3 heterocycles. The summed E-state index contributed by atoms with van der Waals surface area (Å²) in [5.41, 5.74) is 0.410. The van der Waals surface area contributed by atoms with E-state index in [0.717, 1.165) is 35.5 Å². The highest BCUT2D eigenvalue weighted by molar-refractivity contribution is 7.09. The van der Waals surface area contributed by atoms with Crippen LogP contribution in [0, 0.1) is 24.2 Å². The average molecular weight is 507 g/mol. The predicted molar refractivity (Wildman–Crippen MR) is 138 cm³/mol. The highest BCUT2D eigenvalue weighted by Crippen LogP contribution is 2.44. The molecular formula is C27H42N2O5S. The molecule has 1 aromatic rings. The van der Waals surface area contributed by atoms with Crippen molar-refractivity contribution in [2.24, 2.45) is 17.3 Å². The number of thiazole rings is 1. The number of hydrogen-bond acceptors (Lipinski definition) is 7. The highest BCUT2D eigenvalue weighted by atomic mass is 32.1. The Balaban J connectivity index is 1.85. The Kier molecular flexibility index (Phi) is 8.62. The van der Waals surface area contributed by atoms with Crippen LogP contribution in [0.1, 0.15) is 84.3 Å². The van der Waals surface area contributed by atoms with Crippen LogP contribution >= 0.6 is 11.3 Å². The number of amides is 1. The van der Waals surface area contributed by atoms with Crippen molar-refractivity contribution in [3.63, 3.8) is 0 Å². The molecule has 2 fully saturated rings.